The Kier molecular flexibility index (Phi) is 6.14. The van der Waals surface area contributed by atoms with Crippen molar-refractivity contribution in [3.05, 3.63) is 53.6 Å². The van der Waals surface area contributed by atoms with E-state index in [1.807, 2.05) is 0 Å². The van der Waals surface area contributed by atoms with Gasteiger partial charge in [0, 0.05) is 19.1 Å². The summed E-state index contributed by atoms with van der Waals surface area (Å²) in [6.45, 7) is 1.78. The predicted octanol–water partition coefficient (Wildman–Crippen LogP) is 3.54. The normalized spacial score (nSPS) is 12.0. The van der Waals surface area contributed by atoms with Gasteiger partial charge in [-0.2, -0.15) is 21.6 Å². The average Bonchev–Trinajstić information content (AvgIpc) is 2.53. The third kappa shape index (κ3) is 5.12. The van der Waals surface area contributed by atoms with Crippen molar-refractivity contribution in [2.24, 2.45) is 0 Å². The maximum absolute atomic E-state index is 13.1. The second kappa shape index (κ2) is 7.96. The van der Waals surface area contributed by atoms with Gasteiger partial charge in [-0.15, -0.1) is 0 Å². The van der Waals surface area contributed by atoms with Gasteiger partial charge in [0.15, 0.2) is 0 Å². The first-order valence-electron chi connectivity index (χ1n) is 7.59. The van der Waals surface area contributed by atoms with Crippen LogP contribution in [0.3, 0.4) is 0 Å². The van der Waals surface area contributed by atoms with E-state index in [-0.39, 0.29) is 24.7 Å². The van der Waals surface area contributed by atoms with Crippen LogP contribution in [0.2, 0.25) is 0 Å². The molecule has 0 radical (unpaired) electrons. The van der Waals surface area contributed by atoms with Gasteiger partial charge >= 0.3 is 16.3 Å². The summed E-state index contributed by atoms with van der Waals surface area (Å²) >= 11 is 0. The van der Waals surface area contributed by atoms with E-state index in [9.17, 15) is 21.6 Å². The maximum atomic E-state index is 13.1. The molecule has 2 aromatic rings. The highest BCUT2D eigenvalue weighted by Gasteiger charge is 2.37. The largest absolute Gasteiger partial charge is 0.493 e. The number of hydrogen-bond acceptors (Lipinski definition) is 5. The van der Waals surface area contributed by atoms with Crippen molar-refractivity contribution in [3.63, 3.8) is 0 Å². The Hall–Kier alpha value is -2.26. The van der Waals surface area contributed by atoms with Gasteiger partial charge in [0.05, 0.1) is 12.2 Å². The SMILES string of the molecule is Cc1cc(OCCCO)cc(OS(=O)(=O)c2ccccc2C(F)(F)F)c1. The summed E-state index contributed by atoms with van der Waals surface area (Å²) < 4.78 is 74.1. The van der Waals surface area contributed by atoms with Crippen LogP contribution in [0.25, 0.3) is 0 Å². The minimum absolute atomic E-state index is 0.0716. The van der Waals surface area contributed by atoms with Gasteiger partial charge in [0.1, 0.15) is 16.4 Å². The molecule has 5 nitrogen and oxygen atoms in total. The first kappa shape index (κ1) is 20.1. The molecule has 9 heteroatoms. The number of aryl methyl sites for hydroxylation is 1. The summed E-state index contributed by atoms with van der Waals surface area (Å²) in [7, 11) is -4.70. The van der Waals surface area contributed by atoms with E-state index in [1.165, 1.54) is 18.2 Å². The zero-order valence-corrected chi connectivity index (χ0v) is 14.6. The van der Waals surface area contributed by atoms with Gasteiger partial charge in [0.25, 0.3) is 0 Å². The molecule has 0 fully saturated rings. The second-order valence-electron chi connectivity index (χ2n) is 5.44. The molecule has 0 unspecified atom stereocenters. The summed E-state index contributed by atoms with van der Waals surface area (Å²) in [6, 6.07) is 8.04. The van der Waals surface area contributed by atoms with Crippen molar-refractivity contribution >= 4 is 10.1 Å². The highest BCUT2D eigenvalue weighted by molar-refractivity contribution is 7.87. The zero-order chi connectivity index (χ0) is 19.4. The van der Waals surface area contributed by atoms with E-state index < -0.39 is 26.8 Å². The number of rotatable bonds is 7. The van der Waals surface area contributed by atoms with Gasteiger partial charge in [0.2, 0.25) is 0 Å². The Balaban J connectivity index is 2.33. The van der Waals surface area contributed by atoms with Crippen molar-refractivity contribution in [1.82, 2.24) is 0 Å². The molecule has 0 bridgehead atoms. The van der Waals surface area contributed by atoms with Gasteiger partial charge in [-0.1, -0.05) is 12.1 Å². The van der Waals surface area contributed by atoms with Crippen molar-refractivity contribution in [2.75, 3.05) is 13.2 Å². The fourth-order valence-corrected chi connectivity index (χ4v) is 3.33. The monoisotopic (exact) mass is 390 g/mol. The van der Waals surface area contributed by atoms with Gasteiger partial charge in [-0.05, 0) is 36.8 Å². The summed E-state index contributed by atoms with van der Waals surface area (Å²) in [6.07, 6.45) is -4.46. The zero-order valence-electron chi connectivity index (χ0n) is 13.8. The summed E-state index contributed by atoms with van der Waals surface area (Å²) in [5, 5.41) is 8.75. The molecule has 0 heterocycles. The molecule has 0 saturated carbocycles. The van der Waals surface area contributed by atoms with E-state index in [1.54, 1.807) is 13.0 Å². The molecular formula is C17H17F3O5S. The van der Waals surface area contributed by atoms with Crippen LogP contribution < -0.4 is 8.92 Å². The van der Waals surface area contributed by atoms with Crippen LogP contribution in [0.15, 0.2) is 47.4 Å². The van der Waals surface area contributed by atoms with Crippen LogP contribution in [0.1, 0.15) is 17.5 Å². The number of aliphatic hydroxyl groups excluding tert-OH is 1. The predicted molar refractivity (Wildman–Crippen MR) is 87.6 cm³/mol. The molecule has 0 amide bonds. The van der Waals surface area contributed by atoms with Gasteiger partial charge in [-0.25, -0.2) is 0 Å². The highest BCUT2D eigenvalue weighted by Crippen LogP contribution is 2.35. The number of hydrogen-bond donors (Lipinski definition) is 1. The van der Waals surface area contributed by atoms with E-state index in [0.717, 1.165) is 12.1 Å². The van der Waals surface area contributed by atoms with Crippen molar-refractivity contribution < 1.29 is 35.6 Å². The molecule has 0 aliphatic heterocycles. The van der Waals surface area contributed by atoms with E-state index >= 15 is 0 Å². The topological polar surface area (TPSA) is 72.8 Å². The van der Waals surface area contributed by atoms with Crippen LogP contribution in [-0.4, -0.2) is 26.7 Å². The summed E-state index contributed by atoms with van der Waals surface area (Å²) in [5.41, 5.74) is -0.701. The average molecular weight is 390 g/mol. The lowest BCUT2D eigenvalue weighted by molar-refractivity contribution is -0.139. The van der Waals surface area contributed by atoms with Crippen molar-refractivity contribution in [3.8, 4) is 11.5 Å². The first-order chi connectivity index (χ1) is 12.1. The van der Waals surface area contributed by atoms with Crippen LogP contribution in [0, 0.1) is 6.92 Å². The lowest BCUT2D eigenvalue weighted by Gasteiger charge is -2.14. The second-order valence-corrected chi connectivity index (χ2v) is 6.95. The molecule has 26 heavy (non-hydrogen) atoms. The summed E-state index contributed by atoms with van der Waals surface area (Å²) in [5.74, 6) is 0.119. The Bertz CT molecular complexity index is 863. The van der Waals surface area contributed by atoms with Gasteiger partial charge < -0.3 is 14.0 Å². The Labute approximate surface area is 149 Å². The third-order valence-corrected chi connectivity index (χ3v) is 4.57. The fourth-order valence-electron chi connectivity index (χ4n) is 2.19. The molecule has 0 aliphatic carbocycles. The van der Waals surface area contributed by atoms with Crippen LogP contribution >= 0.6 is 0 Å². The number of benzene rings is 2. The van der Waals surface area contributed by atoms with Crippen LogP contribution in [-0.2, 0) is 16.3 Å². The number of halogens is 3. The smallest absolute Gasteiger partial charge is 0.417 e. The van der Waals surface area contributed by atoms with Crippen molar-refractivity contribution in [1.29, 1.82) is 0 Å². The molecule has 0 aliphatic rings. The summed E-state index contributed by atoms with van der Waals surface area (Å²) in [4.78, 5) is -0.961. The molecule has 0 spiro atoms. The molecule has 1 N–H and O–H groups in total. The Morgan fingerprint density at radius 3 is 2.38 bits per heavy atom. The first-order valence-corrected chi connectivity index (χ1v) is 9.00. The molecular weight excluding hydrogens is 373 g/mol. The lowest BCUT2D eigenvalue weighted by Crippen LogP contribution is -2.17. The maximum Gasteiger partial charge on any atom is 0.417 e. The minimum atomic E-state index is -4.84. The Morgan fingerprint density at radius 2 is 1.73 bits per heavy atom. The third-order valence-electron chi connectivity index (χ3n) is 3.26. The van der Waals surface area contributed by atoms with Crippen LogP contribution in [0.4, 0.5) is 13.2 Å². The Morgan fingerprint density at radius 1 is 1.08 bits per heavy atom. The molecule has 142 valence electrons. The fraction of sp³-hybridized carbons (Fsp3) is 0.294. The minimum Gasteiger partial charge on any atom is -0.493 e. The molecule has 0 atom stereocenters. The van der Waals surface area contributed by atoms with Crippen LogP contribution in [0.5, 0.6) is 11.5 Å². The molecule has 0 aromatic heterocycles. The quantitative estimate of drug-likeness (QED) is 0.578. The number of alkyl halides is 3. The van der Waals surface area contributed by atoms with Crippen molar-refractivity contribution in [2.45, 2.75) is 24.4 Å². The highest BCUT2D eigenvalue weighted by atomic mass is 32.2. The molecule has 2 aromatic carbocycles. The molecule has 0 saturated heterocycles. The van der Waals surface area contributed by atoms with E-state index in [4.69, 9.17) is 14.0 Å². The lowest BCUT2D eigenvalue weighted by atomic mass is 10.2. The van der Waals surface area contributed by atoms with Gasteiger partial charge in [-0.3, -0.25) is 0 Å². The van der Waals surface area contributed by atoms with E-state index in [0.29, 0.717) is 18.1 Å². The standard InChI is InChI=1S/C17H17F3O5S/c1-12-9-13(24-8-4-7-21)11-14(10-12)25-26(22,23)16-6-3-2-5-15(16)17(18,19)20/h2-3,5-6,9-11,21H,4,7-8H2,1H3. The molecule has 2 rings (SSSR count). The number of aliphatic hydroxyl groups is 1. The van der Waals surface area contributed by atoms with E-state index in [2.05, 4.69) is 0 Å². The number of ether oxygens (including phenoxy) is 1.